The molecule has 0 saturated heterocycles. The van der Waals surface area contributed by atoms with Crippen LogP contribution in [0, 0.1) is 0 Å². The van der Waals surface area contributed by atoms with Gasteiger partial charge in [0.2, 0.25) is 0 Å². The average Bonchev–Trinajstić information content (AvgIpc) is 1.61. The van der Waals surface area contributed by atoms with E-state index in [-0.39, 0.29) is 5.97 Å². The second kappa shape index (κ2) is 4.11. The number of carbonyl (C=O) groups is 1. The summed E-state index contributed by atoms with van der Waals surface area (Å²) in [4.78, 5) is 9.96. The van der Waals surface area contributed by atoms with Crippen molar-refractivity contribution in [2.45, 2.75) is 6.92 Å². The molecule has 0 radical (unpaired) electrons. The predicted octanol–water partition coefficient (Wildman–Crippen LogP) is -2.30. The van der Waals surface area contributed by atoms with Crippen molar-refractivity contribution in [2.75, 3.05) is 0 Å². The van der Waals surface area contributed by atoms with Gasteiger partial charge in [-0.15, -0.1) is 0 Å². The summed E-state index contributed by atoms with van der Waals surface area (Å²) in [6.07, 6.45) is 0. The molecule has 0 aromatic heterocycles. The Morgan fingerprint density at radius 3 is 2.71 bits per heavy atom. The minimum absolute atomic E-state index is 0.215. The van der Waals surface area contributed by atoms with E-state index in [1.807, 2.05) is 0 Å². The van der Waals surface area contributed by atoms with Gasteiger partial charge in [0.05, 0.1) is 0 Å². The molecular weight excluding hydrogens is 207 g/mol. The second-order valence-electron chi connectivity index (χ2n) is 0.812. The zero-order chi connectivity index (χ0) is 5.70. The van der Waals surface area contributed by atoms with Gasteiger partial charge >= 0.3 is 53.0 Å². The molecule has 0 N–H and O–H groups in total. The van der Waals surface area contributed by atoms with Crippen molar-refractivity contribution in [2.24, 2.45) is 0 Å². The van der Waals surface area contributed by atoms with Crippen LogP contribution in [0.3, 0.4) is 0 Å². The Labute approximate surface area is 53.4 Å². The van der Waals surface area contributed by atoms with Crippen LogP contribution in [0.5, 0.6) is 0 Å². The van der Waals surface area contributed by atoms with Crippen molar-refractivity contribution in [1.29, 1.82) is 0 Å². The van der Waals surface area contributed by atoms with E-state index in [0.717, 1.165) is 0 Å². The molecule has 2 nitrogen and oxygen atoms in total. The summed E-state index contributed by atoms with van der Waals surface area (Å²) < 4.78 is 6.18. The van der Waals surface area contributed by atoms with E-state index in [1.54, 1.807) is 4.08 Å². The van der Waals surface area contributed by atoms with E-state index < -0.39 is 21.6 Å². The number of halogens is 1. The Kier molecular flexibility index (Phi) is 4.07. The molecule has 0 heterocycles. The number of rotatable bonds is 2. The summed E-state index contributed by atoms with van der Waals surface area (Å²) >= 11 is -0.498. The van der Waals surface area contributed by atoms with Crippen LogP contribution in [0.2, 0.25) is 0 Å². The van der Waals surface area contributed by atoms with E-state index in [4.69, 9.17) is 0 Å². The summed E-state index contributed by atoms with van der Waals surface area (Å²) in [6, 6.07) is 0. The van der Waals surface area contributed by atoms with Gasteiger partial charge in [-0.25, -0.2) is 0 Å². The normalized spacial score (nSPS) is 8.14. The molecule has 7 heavy (non-hydrogen) atoms. The molecule has 0 aliphatic rings. The predicted molar refractivity (Wildman–Crippen MR) is 22.0 cm³/mol. The van der Waals surface area contributed by atoms with E-state index >= 15 is 0 Å². The van der Waals surface area contributed by atoms with Gasteiger partial charge in [0, 0.05) is 0 Å². The van der Waals surface area contributed by atoms with Crippen molar-refractivity contribution in [3.63, 3.8) is 0 Å². The van der Waals surface area contributed by atoms with Crippen molar-refractivity contribution in [1.82, 2.24) is 0 Å². The van der Waals surface area contributed by atoms with Gasteiger partial charge < -0.3 is 0 Å². The number of hydrogen-bond donors (Lipinski definition) is 0. The van der Waals surface area contributed by atoms with Crippen LogP contribution in [-0.4, -0.2) is 5.97 Å². The average molecular weight is 213 g/mol. The van der Waals surface area contributed by atoms with Crippen LogP contribution >= 0.6 is 0 Å². The first-order valence-corrected chi connectivity index (χ1v) is 3.82. The Hall–Kier alpha value is -0.0600. The number of hydrogen-bond acceptors (Lipinski definition) is 2. The van der Waals surface area contributed by atoms with Crippen molar-refractivity contribution in [3.05, 3.63) is 10.7 Å². The molecule has 42 valence electrons. The van der Waals surface area contributed by atoms with E-state index in [2.05, 4.69) is 9.65 Å². The van der Waals surface area contributed by atoms with Crippen LogP contribution in [0.15, 0.2) is 10.7 Å². The summed E-state index contributed by atoms with van der Waals surface area (Å²) in [5.41, 5.74) is 0. The molecule has 0 unspecified atom stereocenters. The standard InChI is InChI=1S/C4H6IO2/c1-3-5-7-4(2)6/h3H,1H2,2H3/q-1. The van der Waals surface area contributed by atoms with E-state index in [0.29, 0.717) is 0 Å². The molecule has 0 aliphatic heterocycles. The van der Waals surface area contributed by atoms with Crippen LogP contribution in [0.25, 0.3) is 0 Å². The third-order valence-electron chi connectivity index (χ3n) is 0.216. The Morgan fingerprint density at radius 1 is 2.00 bits per heavy atom. The van der Waals surface area contributed by atoms with Gasteiger partial charge in [-0.3, -0.25) is 0 Å². The first-order valence-electron chi connectivity index (χ1n) is 1.69. The second-order valence-corrected chi connectivity index (χ2v) is 2.64. The zero-order valence-electron chi connectivity index (χ0n) is 3.98. The molecule has 0 aromatic rings. The van der Waals surface area contributed by atoms with Gasteiger partial charge in [-0.2, -0.15) is 0 Å². The Morgan fingerprint density at radius 2 is 2.57 bits per heavy atom. The monoisotopic (exact) mass is 213 g/mol. The van der Waals surface area contributed by atoms with Gasteiger partial charge in [-0.1, -0.05) is 0 Å². The molecule has 0 bridgehead atoms. The maximum atomic E-state index is 9.96. The third kappa shape index (κ3) is 5.94. The molecule has 0 aliphatic carbocycles. The quantitative estimate of drug-likeness (QED) is 0.482. The van der Waals surface area contributed by atoms with E-state index in [1.165, 1.54) is 6.92 Å². The molecule has 0 aromatic carbocycles. The maximum absolute atomic E-state index is 9.96. The van der Waals surface area contributed by atoms with Crippen LogP contribution in [0.1, 0.15) is 6.92 Å². The van der Waals surface area contributed by atoms with Crippen LogP contribution in [-0.2, 0) is 7.86 Å². The summed E-state index contributed by atoms with van der Waals surface area (Å²) in [5.74, 6) is -0.215. The van der Waals surface area contributed by atoms with Gasteiger partial charge in [0.25, 0.3) is 0 Å². The van der Waals surface area contributed by atoms with Gasteiger partial charge in [-0.05, 0) is 0 Å². The molecular formula is C4H6IO2-. The van der Waals surface area contributed by atoms with Crippen LogP contribution < -0.4 is 21.6 Å². The molecule has 0 amide bonds. The summed E-state index contributed by atoms with van der Waals surface area (Å²) in [6.45, 7) is 4.80. The van der Waals surface area contributed by atoms with Gasteiger partial charge in [0.1, 0.15) is 0 Å². The zero-order valence-corrected chi connectivity index (χ0v) is 6.14. The first-order chi connectivity index (χ1) is 3.27. The molecule has 0 saturated carbocycles. The fraction of sp³-hybridized carbons (Fsp3) is 0.250. The third-order valence-corrected chi connectivity index (χ3v) is 1.45. The Balaban J connectivity index is 2.97. The molecule has 0 spiro atoms. The van der Waals surface area contributed by atoms with Crippen molar-refractivity contribution >= 4 is 5.97 Å². The minimum atomic E-state index is -0.498. The fourth-order valence-corrected chi connectivity index (χ4v) is 0.632. The molecule has 0 rings (SSSR count). The molecule has 3 heteroatoms. The van der Waals surface area contributed by atoms with Crippen LogP contribution in [0.4, 0.5) is 0 Å². The summed E-state index contributed by atoms with van der Waals surface area (Å²) in [7, 11) is 0. The van der Waals surface area contributed by atoms with Gasteiger partial charge in [0.15, 0.2) is 0 Å². The van der Waals surface area contributed by atoms with Crippen molar-refractivity contribution < 1.29 is 29.5 Å². The topological polar surface area (TPSA) is 26.3 Å². The molecule has 0 fully saturated rings. The number of carbonyl (C=O) groups excluding carboxylic acids is 1. The van der Waals surface area contributed by atoms with Crippen molar-refractivity contribution in [3.8, 4) is 0 Å². The fourth-order valence-electron chi connectivity index (χ4n) is 0.0942. The van der Waals surface area contributed by atoms with E-state index in [9.17, 15) is 4.79 Å². The first kappa shape index (κ1) is 6.94. The molecule has 0 atom stereocenters. The summed E-state index contributed by atoms with van der Waals surface area (Å²) in [5, 5.41) is 0. The SMILES string of the molecule is C=C[I-]OC(C)=O. The Bertz CT molecular complexity index is 79.8.